The topological polar surface area (TPSA) is 84.9 Å². The summed E-state index contributed by atoms with van der Waals surface area (Å²) < 4.78 is 37.4. The Balaban J connectivity index is 1.75. The Kier molecular flexibility index (Phi) is 9.44. The van der Waals surface area contributed by atoms with Crippen molar-refractivity contribution in [3.8, 4) is 11.5 Å². The van der Waals surface area contributed by atoms with Crippen LogP contribution >= 0.6 is 0 Å². The monoisotopic (exact) mass is 538 g/mol. The molecule has 0 aliphatic rings. The van der Waals surface area contributed by atoms with Crippen LogP contribution in [-0.4, -0.2) is 34.3 Å². The van der Waals surface area contributed by atoms with Crippen LogP contribution in [0.15, 0.2) is 60.7 Å². The molecule has 0 fully saturated rings. The highest BCUT2D eigenvalue weighted by Crippen LogP contribution is 2.32. The van der Waals surface area contributed by atoms with Crippen molar-refractivity contribution in [3.05, 3.63) is 88.5 Å². The fourth-order valence-corrected chi connectivity index (χ4v) is 5.26. The Morgan fingerprint density at radius 2 is 1.61 bits per heavy atom. The number of anilines is 1. The first kappa shape index (κ1) is 29.0. The van der Waals surface area contributed by atoms with Crippen LogP contribution in [0.1, 0.15) is 72.3 Å². The molecular weight excluding hydrogens is 500 g/mol. The molecule has 38 heavy (non-hydrogen) atoms. The van der Waals surface area contributed by atoms with E-state index in [-0.39, 0.29) is 24.4 Å². The molecule has 0 aliphatic carbocycles. The van der Waals surface area contributed by atoms with E-state index in [4.69, 9.17) is 9.47 Å². The maximum Gasteiger partial charge on any atom is 0.251 e. The zero-order valence-corrected chi connectivity index (χ0v) is 24.1. The second kappa shape index (κ2) is 12.3. The summed E-state index contributed by atoms with van der Waals surface area (Å²) in [4.78, 5) is 13.0. The van der Waals surface area contributed by atoms with Gasteiger partial charge in [0.05, 0.1) is 38.2 Å². The summed E-state index contributed by atoms with van der Waals surface area (Å²) in [5.41, 5.74) is 5.00. The number of aryl methyl sites for hydroxylation is 1. The highest BCUT2D eigenvalue weighted by Gasteiger charge is 2.20. The van der Waals surface area contributed by atoms with Crippen LogP contribution in [0.25, 0.3) is 0 Å². The van der Waals surface area contributed by atoms with Gasteiger partial charge in [0.2, 0.25) is 10.0 Å². The van der Waals surface area contributed by atoms with Gasteiger partial charge in [-0.1, -0.05) is 26.0 Å². The van der Waals surface area contributed by atoms with Crippen LogP contribution in [0.5, 0.6) is 11.5 Å². The molecule has 0 bridgehead atoms. The van der Waals surface area contributed by atoms with E-state index >= 15 is 0 Å². The van der Waals surface area contributed by atoms with Gasteiger partial charge in [-0.15, -0.1) is 0 Å². The average Bonchev–Trinajstić information content (AvgIpc) is 2.87. The Hall–Kier alpha value is -3.52. The number of sulfonamides is 1. The summed E-state index contributed by atoms with van der Waals surface area (Å²) in [7, 11) is -1.86. The number of rotatable bonds is 11. The number of nitrogens with one attached hydrogen (secondary N) is 1. The molecule has 3 aromatic rings. The van der Waals surface area contributed by atoms with E-state index < -0.39 is 10.0 Å². The third kappa shape index (κ3) is 7.07. The predicted molar refractivity (Wildman–Crippen MR) is 153 cm³/mol. The van der Waals surface area contributed by atoms with E-state index in [9.17, 15) is 13.2 Å². The Bertz CT molecular complexity index is 1350. The van der Waals surface area contributed by atoms with Crippen LogP contribution in [0.2, 0.25) is 0 Å². The molecule has 0 heterocycles. The number of nitrogens with zero attached hydrogens (tertiary/aromatic N) is 1. The molecule has 1 amide bonds. The van der Waals surface area contributed by atoms with Crippen LogP contribution in [-0.2, 0) is 16.6 Å². The number of methoxy groups -OCH3 is 1. The number of amides is 1. The molecule has 0 saturated heterocycles. The van der Waals surface area contributed by atoms with Gasteiger partial charge in [0.25, 0.3) is 5.91 Å². The van der Waals surface area contributed by atoms with Crippen LogP contribution < -0.4 is 19.1 Å². The zero-order valence-electron chi connectivity index (χ0n) is 23.2. The van der Waals surface area contributed by atoms with Gasteiger partial charge in [0.15, 0.2) is 0 Å². The maximum absolute atomic E-state index is 13.0. The van der Waals surface area contributed by atoms with Crippen LogP contribution in [0.3, 0.4) is 0 Å². The first-order valence-corrected chi connectivity index (χ1v) is 14.6. The largest absolute Gasteiger partial charge is 0.496 e. The normalized spacial score (nSPS) is 12.2. The molecule has 3 aromatic carbocycles. The molecule has 1 N–H and O–H groups in total. The SMILES string of the molecule is CCOc1ccc(N(Cc2ccc(C(=O)N[C@@H](C)c3cc(C(C)C)c(OC)cc3C)cc2)S(C)(=O)=O)cc1. The van der Waals surface area contributed by atoms with Gasteiger partial charge in [-0.05, 0) is 97.5 Å². The number of hydrogen-bond donors (Lipinski definition) is 1. The smallest absolute Gasteiger partial charge is 0.251 e. The summed E-state index contributed by atoms with van der Waals surface area (Å²) in [5, 5.41) is 3.08. The average molecular weight is 539 g/mol. The molecule has 0 saturated carbocycles. The number of benzene rings is 3. The Labute approximate surface area is 226 Å². The van der Waals surface area contributed by atoms with Crippen molar-refractivity contribution in [2.75, 3.05) is 24.3 Å². The van der Waals surface area contributed by atoms with E-state index in [1.165, 1.54) is 10.6 Å². The van der Waals surface area contributed by atoms with E-state index in [0.717, 1.165) is 28.0 Å². The number of ether oxygens (including phenoxy) is 2. The van der Waals surface area contributed by atoms with Gasteiger partial charge in [-0.25, -0.2) is 8.42 Å². The van der Waals surface area contributed by atoms with E-state index in [2.05, 4.69) is 25.2 Å². The standard InChI is InChI=1S/C30H38N2O5S/c1-8-37-26-15-13-25(14-16-26)32(38(7,34)35)19-23-9-11-24(12-10-23)30(33)31-22(5)28-18-27(20(2)3)29(36-6)17-21(28)4/h9-18,20,22H,8,19H2,1-7H3,(H,31,33)/t22-/m0/s1. The molecule has 0 radical (unpaired) electrons. The van der Waals surface area contributed by atoms with Crippen molar-refractivity contribution in [2.45, 2.75) is 53.1 Å². The second-order valence-electron chi connectivity index (χ2n) is 9.69. The molecule has 3 rings (SSSR count). The first-order chi connectivity index (χ1) is 17.9. The minimum Gasteiger partial charge on any atom is -0.496 e. The highest BCUT2D eigenvalue weighted by atomic mass is 32.2. The maximum atomic E-state index is 13.0. The fraction of sp³-hybridized carbons (Fsp3) is 0.367. The summed E-state index contributed by atoms with van der Waals surface area (Å²) in [6, 6.07) is 17.9. The number of carbonyl (C=O) groups excluding carboxylic acids is 1. The van der Waals surface area contributed by atoms with Crippen molar-refractivity contribution >= 4 is 21.6 Å². The third-order valence-corrected chi connectivity index (χ3v) is 7.57. The summed E-state index contributed by atoms with van der Waals surface area (Å²) in [6.07, 6.45) is 1.18. The molecule has 0 spiro atoms. The predicted octanol–water partition coefficient (Wildman–Crippen LogP) is 5.98. The molecule has 1 atom stereocenters. The van der Waals surface area contributed by atoms with Gasteiger partial charge in [-0.2, -0.15) is 0 Å². The minimum atomic E-state index is -3.53. The lowest BCUT2D eigenvalue weighted by Crippen LogP contribution is -2.29. The van der Waals surface area contributed by atoms with Gasteiger partial charge < -0.3 is 14.8 Å². The quantitative estimate of drug-likeness (QED) is 0.325. The highest BCUT2D eigenvalue weighted by molar-refractivity contribution is 7.92. The summed E-state index contributed by atoms with van der Waals surface area (Å²) in [5.74, 6) is 1.62. The van der Waals surface area contributed by atoms with Gasteiger partial charge >= 0.3 is 0 Å². The molecule has 0 aromatic heterocycles. The number of hydrogen-bond acceptors (Lipinski definition) is 5. The molecule has 204 valence electrons. The fourth-order valence-electron chi connectivity index (χ4n) is 4.37. The van der Waals surface area contributed by atoms with Crippen molar-refractivity contribution in [1.29, 1.82) is 0 Å². The van der Waals surface area contributed by atoms with Crippen LogP contribution in [0.4, 0.5) is 5.69 Å². The second-order valence-corrected chi connectivity index (χ2v) is 11.6. The Morgan fingerprint density at radius 3 is 2.13 bits per heavy atom. The van der Waals surface area contributed by atoms with Gasteiger partial charge in [0, 0.05) is 5.56 Å². The minimum absolute atomic E-state index is 0.147. The molecule has 0 unspecified atom stereocenters. The summed E-state index contributed by atoms with van der Waals surface area (Å²) in [6.45, 7) is 10.8. The van der Waals surface area contributed by atoms with E-state index in [0.29, 0.717) is 23.6 Å². The Morgan fingerprint density at radius 1 is 0.974 bits per heavy atom. The molecular formula is C30H38N2O5S. The first-order valence-electron chi connectivity index (χ1n) is 12.7. The van der Waals surface area contributed by atoms with Crippen LogP contribution in [0, 0.1) is 6.92 Å². The van der Waals surface area contributed by atoms with Crippen molar-refractivity contribution in [1.82, 2.24) is 5.32 Å². The molecule has 7 nitrogen and oxygen atoms in total. The third-order valence-electron chi connectivity index (χ3n) is 6.43. The lowest BCUT2D eigenvalue weighted by Gasteiger charge is -2.23. The number of carbonyl (C=O) groups is 1. The molecule has 0 aliphatic heterocycles. The van der Waals surface area contributed by atoms with Gasteiger partial charge in [-0.3, -0.25) is 9.10 Å². The van der Waals surface area contributed by atoms with Gasteiger partial charge in [0.1, 0.15) is 11.5 Å². The van der Waals surface area contributed by atoms with E-state index in [1.807, 2.05) is 26.8 Å². The zero-order chi connectivity index (χ0) is 28.0. The van der Waals surface area contributed by atoms with Crippen molar-refractivity contribution in [2.24, 2.45) is 0 Å². The van der Waals surface area contributed by atoms with Crippen molar-refractivity contribution in [3.63, 3.8) is 0 Å². The lowest BCUT2D eigenvalue weighted by atomic mass is 9.93. The molecule has 8 heteroatoms. The summed E-state index contributed by atoms with van der Waals surface area (Å²) >= 11 is 0. The van der Waals surface area contributed by atoms with E-state index in [1.54, 1.807) is 55.6 Å². The van der Waals surface area contributed by atoms with Crippen molar-refractivity contribution < 1.29 is 22.7 Å². The lowest BCUT2D eigenvalue weighted by molar-refractivity contribution is 0.0939.